The number of aromatic nitrogens is 2. The zero-order chi connectivity index (χ0) is 17.4. The lowest BCUT2D eigenvalue weighted by Crippen LogP contribution is -2.27. The number of Topliss-reactive ketones (excluding diaryl/α,β-unsaturated/α-hetero) is 1. The Balaban J connectivity index is 2.47. The minimum Gasteiger partial charge on any atom is -0.469 e. The number of fused-ring (bicyclic) bond motifs is 1. The molecule has 0 saturated heterocycles. The standard InChI is InChI=1S/C18H23ClN2O2/c1-17(2,3)12-9-11-13(19)7-8-20-15(11)21-16(12)23-10-14(22)18(4,5)6/h7-9H,10H2,1-6H3. The van der Waals surface area contributed by atoms with Crippen molar-refractivity contribution in [3.05, 3.63) is 28.9 Å². The van der Waals surface area contributed by atoms with Crippen molar-refractivity contribution >= 4 is 28.4 Å². The molecule has 0 N–H and O–H groups in total. The van der Waals surface area contributed by atoms with Gasteiger partial charge in [0.15, 0.2) is 11.4 Å². The molecule has 0 aliphatic rings. The molecule has 124 valence electrons. The van der Waals surface area contributed by atoms with Crippen LogP contribution in [0.4, 0.5) is 0 Å². The van der Waals surface area contributed by atoms with Gasteiger partial charge in [-0.3, -0.25) is 4.79 Å². The van der Waals surface area contributed by atoms with Crippen LogP contribution in [0.5, 0.6) is 5.88 Å². The molecule has 2 heterocycles. The van der Waals surface area contributed by atoms with Gasteiger partial charge in [0.05, 0.1) is 5.02 Å². The first kappa shape index (κ1) is 17.7. The number of ether oxygens (including phenoxy) is 1. The summed E-state index contributed by atoms with van der Waals surface area (Å²) in [7, 11) is 0. The third-order valence-electron chi connectivity index (χ3n) is 3.63. The fourth-order valence-electron chi connectivity index (χ4n) is 2.02. The minimum atomic E-state index is -0.444. The molecule has 0 fully saturated rings. The van der Waals surface area contributed by atoms with Gasteiger partial charge in [0.2, 0.25) is 5.88 Å². The van der Waals surface area contributed by atoms with E-state index >= 15 is 0 Å². The van der Waals surface area contributed by atoms with Crippen LogP contribution in [-0.2, 0) is 10.2 Å². The van der Waals surface area contributed by atoms with Crippen molar-refractivity contribution < 1.29 is 9.53 Å². The maximum absolute atomic E-state index is 12.1. The SMILES string of the molecule is CC(C)(C)C(=O)COc1nc2nccc(Cl)c2cc1C(C)(C)C. The van der Waals surface area contributed by atoms with E-state index in [4.69, 9.17) is 16.3 Å². The maximum atomic E-state index is 12.1. The molecule has 4 nitrogen and oxygen atoms in total. The number of hydrogen-bond donors (Lipinski definition) is 0. The van der Waals surface area contributed by atoms with Crippen molar-refractivity contribution in [1.82, 2.24) is 9.97 Å². The van der Waals surface area contributed by atoms with Gasteiger partial charge in [-0.2, -0.15) is 4.98 Å². The summed E-state index contributed by atoms with van der Waals surface area (Å²) >= 11 is 6.24. The number of rotatable bonds is 3. The molecule has 2 aromatic heterocycles. The Morgan fingerprint density at radius 1 is 1.22 bits per heavy atom. The van der Waals surface area contributed by atoms with Crippen LogP contribution in [0.1, 0.15) is 47.1 Å². The summed E-state index contributed by atoms with van der Waals surface area (Å²) < 4.78 is 5.76. The first-order valence-electron chi connectivity index (χ1n) is 7.62. The van der Waals surface area contributed by atoms with E-state index in [1.165, 1.54) is 0 Å². The zero-order valence-electron chi connectivity index (χ0n) is 14.5. The van der Waals surface area contributed by atoms with Crippen molar-refractivity contribution in [2.45, 2.75) is 47.0 Å². The highest BCUT2D eigenvalue weighted by Gasteiger charge is 2.25. The largest absolute Gasteiger partial charge is 0.469 e. The molecule has 0 aromatic carbocycles. The second-order valence-electron chi connectivity index (χ2n) is 7.72. The maximum Gasteiger partial charge on any atom is 0.219 e. The van der Waals surface area contributed by atoms with E-state index in [0.717, 1.165) is 10.9 Å². The second-order valence-corrected chi connectivity index (χ2v) is 8.12. The molecule has 0 amide bonds. The molecule has 0 bridgehead atoms. The number of hydrogen-bond acceptors (Lipinski definition) is 4. The third kappa shape index (κ3) is 3.99. The number of carbonyl (C=O) groups excluding carboxylic acids is 1. The van der Waals surface area contributed by atoms with Gasteiger partial charge in [-0.1, -0.05) is 53.1 Å². The molecule has 0 atom stereocenters. The Morgan fingerprint density at radius 2 is 1.87 bits per heavy atom. The minimum absolute atomic E-state index is 0.00828. The highest BCUT2D eigenvalue weighted by molar-refractivity contribution is 6.35. The summed E-state index contributed by atoms with van der Waals surface area (Å²) in [6.07, 6.45) is 1.61. The Kier molecular flexibility index (Phi) is 4.67. The van der Waals surface area contributed by atoms with Gasteiger partial charge >= 0.3 is 0 Å². The summed E-state index contributed by atoms with van der Waals surface area (Å²) in [5, 5.41) is 1.39. The van der Waals surface area contributed by atoms with Crippen LogP contribution >= 0.6 is 11.6 Å². The molecule has 2 aromatic rings. The lowest BCUT2D eigenvalue weighted by molar-refractivity contribution is -0.128. The van der Waals surface area contributed by atoms with E-state index in [0.29, 0.717) is 16.5 Å². The van der Waals surface area contributed by atoms with Crippen molar-refractivity contribution in [2.75, 3.05) is 6.61 Å². The summed E-state index contributed by atoms with van der Waals surface area (Å²) in [6.45, 7) is 11.8. The van der Waals surface area contributed by atoms with Crippen LogP contribution in [0.15, 0.2) is 18.3 Å². The number of pyridine rings is 2. The topological polar surface area (TPSA) is 52.1 Å². The summed E-state index contributed by atoms with van der Waals surface area (Å²) in [4.78, 5) is 20.9. The van der Waals surface area contributed by atoms with Gasteiger partial charge in [-0.05, 0) is 17.5 Å². The normalized spacial score (nSPS) is 12.5. The Hall–Kier alpha value is -1.68. The fraction of sp³-hybridized carbons (Fsp3) is 0.500. The van der Waals surface area contributed by atoms with E-state index in [9.17, 15) is 4.79 Å². The number of halogens is 1. The lowest BCUT2D eigenvalue weighted by atomic mass is 9.87. The molecule has 0 aliphatic heterocycles. The van der Waals surface area contributed by atoms with Crippen LogP contribution in [0, 0.1) is 5.41 Å². The average Bonchev–Trinajstić information content (AvgIpc) is 2.42. The molecule has 23 heavy (non-hydrogen) atoms. The van der Waals surface area contributed by atoms with Gasteiger partial charge in [-0.25, -0.2) is 4.98 Å². The first-order valence-corrected chi connectivity index (χ1v) is 8.00. The van der Waals surface area contributed by atoms with Gasteiger partial charge in [0.25, 0.3) is 0 Å². The Labute approximate surface area is 142 Å². The lowest BCUT2D eigenvalue weighted by Gasteiger charge is -2.23. The summed E-state index contributed by atoms with van der Waals surface area (Å²) in [5.74, 6) is 0.468. The smallest absolute Gasteiger partial charge is 0.219 e. The molecule has 0 unspecified atom stereocenters. The second kappa shape index (κ2) is 6.08. The molecular weight excluding hydrogens is 312 g/mol. The monoisotopic (exact) mass is 334 g/mol. The van der Waals surface area contributed by atoms with Crippen LogP contribution in [-0.4, -0.2) is 22.4 Å². The number of ketones is 1. The zero-order valence-corrected chi connectivity index (χ0v) is 15.3. The van der Waals surface area contributed by atoms with E-state index in [1.54, 1.807) is 12.3 Å². The van der Waals surface area contributed by atoms with Crippen LogP contribution in [0.3, 0.4) is 0 Å². The van der Waals surface area contributed by atoms with E-state index in [2.05, 4.69) is 30.7 Å². The van der Waals surface area contributed by atoms with Crippen molar-refractivity contribution in [2.24, 2.45) is 5.41 Å². The summed E-state index contributed by atoms with van der Waals surface area (Å²) in [6, 6.07) is 3.69. The molecule has 0 saturated carbocycles. The number of nitrogens with zero attached hydrogens (tertiary/aromatic N) is 2. The fourth-order valence-corrected chi connectivity index (χ4v) is 2.22. The molecule has 0 radical (unpaired) electrons. The molecule has 2 rings (SSSR count). The van der Waals surface area contributed by atoms with Crippen molar-refractivity contribution in [1.29, 1.82) is 0 Å². The van der Waals surface area contributed by atoms with Crippen LogP contribution in [0.25, 0.3) is 11.0 Å². The van der Waals surface area contributed by atoms with Crippen molar-refractivity contribution in [3.8, 4) is 5.88 Å². The molecule has 0 aliphatic carbocycles. The van der Waals surface area contributed by atoms with Gasteiger partial charge < -0.3 is 4.74 Å². The van der Waals surface area contributed by atoms with Gasteiger partial charge in [0, 0.05) is 22.6 Å². The number of carbonyl (C=O) groups is 1. The average molecular weight is 335 g/mol. The van der Waals surface area contributed by atoms with Crippen LogP contribution < -0.4 is 4.74 Å². The van der Waals surface area contributed by atoms with E-state index in [-0.39, 0.29) is 17.8 Å². The van der Waals surface area contributed by atoms with E-state index in [1.807, 2.05) is 26.8 Å². The first-order chi connectivity index (χ1) is 10.5. The molecule has 0 spiro atoms. The molecular formula is C18H23ClN2O2. The van der Waals surface area contributed by atoms with Crippen LogP contribution in [0.2, 0.25) is 5.02 Å². The van der Waals surface area contributed by atoms with E-state index < -0.39 is 5.41 Å². The quantitative estimate of drug-likeness (QED) is 0.824. The Morgan fingerprint density at radius 3 is 2.43 bits per heavy atom. The van der Waals surface area contributed by atoms with Crippen molar-refractivity contribution in [3.63, 3.8) is 0 Å². The summed E-state index contributed by atoms with van der Waals surface area (Å²) in [5.41, 5.74) is 0.783. The van der Waals surface area contributed by atoms with Gasteiger partial charge in [-0.15, -0.1) is 0 Å². The predicted octanol–water partition coefficient (Wildman–Crippen LogP) is 4.57. The predicted molar refractivity (Wildman–Crippen MR) is 93.2 cm³/mol. The highest BCUT2D eigenvalue weighted by atomic mass is 35.5. The molecule has 5 heteroatoms. The Bertz CT molecular complexity index is 743. The third-order valence-corrected chi connectivity index (χ3v) is 3.96. The van der Waals surface area contributed by atoms with Gasteiger partial charge in [0.1, 0.15) is 6.61 Å². The highest BCUT2D eigenvalue weighted by Crippen LogP contribution is 2.34.